The molecule has 12 heteroatoms. The number of fused-ring (bicyclic) bond motifs is 2. The summed E-state index contributed by atoms with van der Waals surface area (Å²) in [6, 6.07) is 7.43. The first-order chi connectivity index (χ1) is 15.6. The SMILES string of the molecule is COc1ccc2nc(Nc3nccc(-c4nnc5nc(SC)nn5c4C)n3)nc(C)c2c1. The summed E-state index contributed by atoms with van der Waals surface area (Å²) in [6.45, 7) is 3.82. The van der Waals surface area contributed by atoms with Crippen LogP contribution in [0.25, 0.3) is 28.1 Å². The summed E-state index contributed by atoms with van der Waals surface area (Å²) in [5.74, 6) is 1.95. The van der Waals surface area contributed by atoms with Crippen molar-refractivity contribution < 1.29 is 4.74 Å². The monoisotopic (exact) mass is 446 g/mol. The third kappa shape index (κ3) is 3.54. The van der Waals surface area contributed by atoms with Crippen LogP contribution < -0.4 is 10.1 Å². The van der Waals surface area contributed by atoms with Gasteiger partial charge >= 0.3 is 0 Å². The van der Waals surface area contributed by atoms with Gasteiger partial charge in [-0.3, -0.25) is 5.32 Å². The van der Waals surface area contributed by atoms with Gasteiger partial charge in [0, 0.05) is 11.6 Å². The number of aromatic nitrogens is 9. The topological polar surface area (TPSA) is 129 Å². The van der Waals surface area contributed by atoms with E-state index in [1.165, 1.54) is 11.8 Å². The van der Waals surface area contributed by atoms with E-state index in [2.05, 4.69) is 45.5 Å². The molecule has 5 rings (SSSR count). The van der Waals surface area contributed by atoms with Crippen molar-refractivity contribution in [3.05, 3.63) is 41.9 Å². The first-order valence-corrected chi connectivity index (χ1v) is 10.8. The molecule has 0 amide bonds. The minimum atomic E-state index is 0.347. The predicted molar refractivity (Wildman–Crippen MR) is 120 cm³/mol. The second-order valence-electron chi connectivity index (χ2n) is 6.85. The lowest BCUT2D eigenvalue weighted by Crippen LogP contribution is -2.06. The molecular formula is C20H18N10OS. The van der Waals surface area contributed by atoms with Gasteiger partial charge in [0.1, 0.15) is 11.4 Å². The lowest BCUT2D eigenvalue weighted by Gasteiger charge is -2.09. The number of hydrogen-bond acceptors (Lipinski definition) is 11. The maximum absolute atomic E-state index is 5.29. The Labute approximate surface area is 186 Å². The van der Waals surface area contributed by atoms with Crippen LogP contribution in [0.3, 0.4) is 0 Å². The first-order valence-electron chi connectivity index (χ1n) is 9.62. The van der Waals surface area contributed by atoms with Gasteiger partial charge in [-0.2, -0.15) is 9.50 Å². The highest BCUT2D eigenvalue weighted by atomic mass is 32.2. The van der Waals surface area contributed by atoms with Crippen LogP contribution in [-0.4, -0.2) is 58.1 Å². The van der Waals surface area contributed by atoms with Gasteiger partial charge < -0.3 is 4.74 Å². The van der Waals surface area contributed by atoms with Gasteiger partial charge in [0.25, 0.3) is 5.78 Å². The zero-order valence-electron chi connectivity index (χ0n) is 17.7. The predicted octanol–water partition coefficient (Wildman–Crippen LogP) is 3.01. The Bertz CT molecular complexity index is 1470. The molecule has 0 aliphatic heterocycles. The molecule has 0 aliphatic rings. The molecule has 0 atom stereocenters. The number of nitrogens with one attached hydrogen (secondary N) is 1. The van der Waals surface area contributed by atoms with E-state index >= 15 is 0 Å². The van der Waals surface area contributed by atoms with E-state index in [0.717, 1.165) is 28.0 Å². The highest BCUT2D eigenvalue weighted by Gasteiger charge is 2.15. The molecule has 0 fully saturated rings. The molecule has 0 bridgehead atoms. The Morgan fingerprint density at radius 3 is 2.69 bits per heavy atom. The molecule has 0 radical (unpaired) electrons. The Balaban J connectivity index is 1.50. The number of methoxy groups -OCH3 is 1. The molecule has 32 heavy (non-hydrogen) atoms. The van der Waals surface area contributed by atoms with Crippen molar-refractivity contribution in [2.24, 2.45) is 0 Å². The van der Waals surface area contributed by atoms with Gasteiger partial charge in [-0.05, 0) is 44.4 Å². The number of ether oxygens (including phenoxy) is 1. The zero-order chi connectivity index (χ0) is 22.2. The van der Waals surface area contributed by atoms with Crippen LogP contribution in [0.2, 0.25) is 0 Å². The van der Waals surface area contributed by atoms with Crippen molar-refractivity contribution in [1.82, 2.24) is 44.7 Å². The van der Waals surface area contributed by atoms with Crippen molar-refractivity contribution in [1.29, 1.82) is 0 Å². The average Bonchev–Trinajstić information content (AvgIpc) is 3.24. The number of rotatable bonds is 5. The van der Waals surface area contributed by atoms with Crippen molar-refractivity contribution in [3.63, 3.8) is 0 Å². The third-order valence-corrected chi connectivity index (χ3v) is 5.41. The Morgan fingerprint density at radius 2 is 1.88 bits per heavy atom. The van der Waals surface area contributed by atoms with Crippen LogP contribution in [0.1, 0.15) is 11.4 Å². The van der Waals surface area contributed by atoms with Gasteiger partial charge in [0.15, 0.2) is 0 Å². The highest BCUT2D eigenvalue weighted by Crippen LogP contribution is 2.24. The Kier molecular flexibility index (Phi) is 4.98. The maximum atomic E-state index is 5.29. The fourth-order valence-electron chi connectivity index (χ4n) is 3.26. The second kappa shape index (κ2) is 7.96. The fraction of sp³-hybridized carbons (Fsp3) is 0.200. The van der Waals surface area contributed by atoms with Crippen LogP contribution in [0.5, 0.6) is 5.75 Å². The largest absolute Gasteiger partial charge is 0.497 e. The quantitative estimate of drug-likeness (QED) is 0.400. The number of nitrogens with zero attached hydrogens (tertiary/aromatic N) is 9. The first kappa shape index (κ1) is 20.0. The molecule has 4 heterocycles. The molecule has 0 aliphatic carbocycles. The van der Waals surface area contributed by atoms with E-state index in [4.69, 9.17) is 4.74 Å². The van der Waals surface area contributed by atoms with Crippen molar-refractivity contribution >= 4 is 40.3 Å². The minimum Gasteiger partial charge on any atom is -0.497 e. The molecule has 5 aromatic rings. The van der Waals surface area contributed by atoms with Gasteiger partial charge in [-0.25, -0.2) is 19.9 Å². The molecule has 0 spiro atoms. The number of thioether (sulfide) groups is 1. The van der Waals surface area contributed by atoms with Crippen molar-refractivity contribution in [3.8, 4) is 17.1 Å². The van der Waals surface area contributed by atoms with Crippen LogP contribution in [0.15, 0.2) is 35.6 Å². The maximum Gasteiger partial charge on any atom is 0.272 e. The highest BCUT2D eigenvalue weighted by molar-refractivity contribution is 7.98. The van der Waals surface area contributed by atoms with E-state index in [1.807, 2.05) is 38.3 Å². The molecular weight excluding hydrogens is 428 g/mol. The number of benzene rings is 1. The summed E-state index contributed by atoms with van der Waals surface area (Å²) in [4.78, 5) is 22.3. The lowest BCUT2D eigenvalue weighted by molar-refractivity contribution is 0.415. The molecule has 11 nitrogen and oxygen atoms in total. The summed E-state index contributed by atoms with van der Waals surface area (Å²) < 4.78 is 6.95. The van der Waals surface area contributed by atoms with E-state index in [0.29, 0.717) is 34.2 Å². The van der Waals surface area contributed by atoms with Crippen molar-refractivity contribution in [2.45, 2.75) is 19.0 Å². The van der Waals surface area contributed by atoms with Gasteiger partial charge in [-0.15, -0.1) is 15.3 Å². The van der Waals surface area contributed by atoms with Crippen LogP contribution >= 0.6 is 11.8 Å². The van der Waals surface area contributed by atoms with E-state index in [-0.39, 0.29) is 0 Å². The molecule has 4 aromatic heterocycles. The molecule has 1 aromatic carbocycles. The zero-order valence-corrected chi connectivity index (χ0v) is 18.5. The number of aryl methyl sites for hydroxylation is 2. The molecule has 0 unspecified atom stereocenters. The minimum absolute atomic E-state index is 0.347. The summed E-state index contributed by atoms with van der Waals surface area (Å²) in [5.41, 5.74) is 3.57. The average molecular weight is 447 g/mol. The summed E-state index contributed by atoms with van der Waals surface area (Å²) >= 11 is 1.45. The second-order valence-corrected chi connectivity index (χ2v) is 7.62. The van der Waals surface area contributed by atoms with E-state index in [9.17, 15) is 0 Å². The Hall–Kier alpha value is -3.93. The summed E-state index contributed by atoms with van der Waals surface area (Å²) in [6.07, 6.45) is 3.55. The molecule has 1 N–H and O–H groups in total. The van der Waals surface area contributed by atoms with E-state index < -0.39 is 0 Å². The van der Waals surface area contributed by atoms with E-state index in [1.54, 1.807) is 23.9 Å². The summed E-state index contributed by atoms with van der Waals surface area (Å²) in [7, 11) is 1.63. The van der Waals surface area contributed by atoms with Crippen LogP contribution in [0.4, 0.5) is 11.9 Å². The van der Waals surface area contributed by atoms with Gasteiger partial charge in [-0.1, -0.05) is 11.8 Å². The summed E-state index contributed by atoms with van der Waals surface area (Å²) in [5, 5.41) is 17.5. The normalized spacial score (nSPS) is 11.2. The Morgan fingerprint density at radius 1 is 1.00 bits per heavy atom. The molecule has 0 saturated heterocycles. The number of hydrogen-bond donors (Lipinski definition) is 1. The standard InChI is InChI=1S/C20H18N10OS/c1-10-13-9-12(31-3)5-6-14(13)23-18(22-10)25-17-21-8-7-15(24-17)16-11(2)30-19(28-27-16)26-20(29-30)32-4/h5-9H,1-4H3,(H,21,22,23,24,25). The van der Waals surface area contributed by atoms with Gasteiger partial charge in [0.05, 0.1) is 29.7 Å². The van der Waals surface area contributed by atoms with Crippen LogP contribution in [-0.2, 0) is 0 Å². The van der Waals surface area contributed by atoms with Crippen LogP contribution in [0, 0.1) is 13.8 Å². The van der Waals surface area contributed by atoms with Gasteiger partial charge in [0.2, 0.25) is 17.1 Å². The third-order valence-electron chi connectivity index (χ3n) is 4.87. The molecule has 160 valence electrons. The lowest BCUT2D eigenvalue weighted by atomic mass is 10.2. The fourth-order valence-corrected chi connectivity index (χ4v) is 3.60. The van der Waals surface area contributed by atoms with Crippen molar-refractivity contribution in [2.75, 3.05) is 18.7 Å². The number of anilines is 2. The molecule has 0 saturated carbocycles. The smallest absolute Gasteiger partial charge is 0.272 e.